The summed E-state index contributed by atoms with van der Waals surface area (Å²) in [6.45, 7) is 1.85. The second-order valence-electron chi connectivity index (χ2n) is 5.11. The number of benzene rings is 1. The number of fused-ring (bicyclic) bond motifs is 1. The van der Waals surface area contributed by atoms with E-state index < -0.39 is 5.91 Å². The van der Waals surface area contributed by atoms with E-state index in [2.05, 4.69) is 10.5 Å². The van der Waals surface area contributed by atoms with E-state index in [4.69, 9.17) is 10.2 Å². The highest BCUT2D eigenvalue weighted by Crippen LogP contribution is 2.29. The summed E-state index contributed by atoms with van der Waals surface area (Å²) in [6.07, 6.45) is 2.62. The lowest BCUT2D eigenvalue weighted by Crippen LogP contribution is -2.14. The Morgan fingerprint density at radius 2 is 2.05 bits per heavy atom. The highest BCUT2D eigenvalue weighted by atomic mass is 16.4. The number of hydrogen-bond acceptors (Lipinski definition) is 4. The molecule has 1 aromatic carbocycles. The van der Waals surface area contributed by atoms with Gasteiger partial charge in [-0.15, -0.1) is 0 Å². The molecule has 0 fully saturated rings. The molecule has 0 atom stereocenters. The van der Waals surface area contributed by atoms with Crippen molar-refractivity contribution < 1.29 is 9.21 Å². The molecule has 0 saturated heterocycles. The molecule has 1 heterocycles. The summed E-state index contributed by atoms with van der Waals surface area (Å²) >= 11 is 0. The highest BCUT2D eigenvalue weighted by molar-refractivity contribution is 6.06. The smallest absolute Gasteiger partial charge is 0.284 e. The Hall–Kier alpha value is -2.56. The van der Waals surface area contributed by atoms with Crippen molar-refractivity contribution in [2.24, 2.45) is 10.8 Å². The van der Waals surface area contributed by atoms with Gasteiger partial charge in [0.05, 0.1) is 11.4 Å². The minimum Gasteiger partial charge on any atom is -0.455 e. The zero-order valence-electron chi connectivity index (χ0n) is 11.8. The summed E-state index contributed by atoms with van der Waals surface area (Å²) in [6, 6.07) is 9.75. The van der Waals surface area contributed by atoms with E-state index in [0.717, 1.165) is 47.5 Å². The maximum atomic E-state index is 11.4. The van der Waals surface area contributed by atoms with Crippen molar-refractivity contribution >= 4 is 17.3 Å². The normalized spacial score (nSPS) is 15.8. The van der Waals surface area contributed by atoms with E-state index in [-0.39, 0.29) is 5.76 Å². The van der Waals surface area contributed by atoms with Gasteiger partial charge in [0, 0.05) is 17.5 Å². The molecular weight excluding hydrogens is 266 g/mol. The zero-order chi connectivity index (χ0) is 14.8. The number of hydrogen-bond donors (Lipinski definition) is 2. The number of para-hydroxylation sites is 1. The van der Waals surface area contributed by atoms with Crippen LogP contribution in [0.25, 0.3) is 0 Å². The molecule has 1 aliphatic carbocycles. The van der Waals surface area contributed by atoms with Gasteiger partial charge in [0.2, 0.25) is 0 Å². The van der Waals surface area contributed by atoms with E-state index in [1.165, 1.54) is 0 Å². The van der Waals surface area contributed by atoms with Crippen LogP contribution in [0.4, 0.5) is 5.69 Å². The molecule has 0 aliphatic heterocycles. The molecule has 5 nitrogen and oxygen atoms in total. The average molecular weight is 283 g/mol. The molecule has 2 aromatic rings. The molecule has 0 radical (unpaired) electrons. The predicted molar refractivity (Wildman–Crippen MR) is 81.5 cm³/mol. The van der Waals surface area contributed by atoms with Gasteiger partial charge in [-0.1, -0.05) is 18.2 Å². The van der Waals surface area contributed by atoms with E-state index in [1.54, 1.807) is 0 Å². The van der Waals surface area contributed by atoms with Crippen molar-refractivity contribution in [1.82, 2.24) is 0 Å². The molecule has 3 N–H and O–H groups in total. The molecule has 0 spiro atoms. The van der Waals surface area contributed by atoms with Gasteiger partial charge < -0.3 is 10.2 Å². The van der Waals surface area contributed by atoms with Gasteiger partial charge in [0.1, 0.15) is 5.76 Å². The van der Waals surface area contributed by atoms with Crippen LogP contribution in [0.15, 0.2) is 39.9 Å². The first-order chi connectivity index (χ1) is 10.2. The van der Waals surface area contributed by atoms with E-state index >= 15 is 0 Å². The van der Waals surface area contributed by atoms with Gasteiger partial charge in [-0.25, -0.2) is 0 Å². The maximum absolute atomic E-state index is 11.4. The highest BCUT2D eigenvalue weighted by Gasteiger charge is 2.26. The first kappa shape index (κ1) is 13.4. The maximum Gasteiger partial charge on any atom is 0.284 e. The Balaban J connectivity index is 1.95. The standard InChI is InChI=1S/C16H17N3O2/c1-10-14-12(19-18-11-6-3-2-4-7-11)8-5-9-13(14)21-15(10)16(17)20/h2-4,6-7,18H,5,8-9H2,1H3,(H2,17,20)/b19-12+. The summed E-state index contributed by atoms with van der Waals surface area (Å²) < 4.78 is 5.60. The van der Waals surface area contributed by atoms with Crippen molar-refractivity contribution in [1.29, 1.82) is 0 Å². The van der Waals surface area contributed by atoms with Crippen molar-refractivity contribution in [3.63, 3.8) is 0 Å². The zero-order valence-corrected chi connectivity index (χ0v) is 11.8. The lowest BCUT2D eigenvalue weighted by Gasteiger charge is -2.13. The van der Waals surface area contributed by atoms with Crippen LogP contribution in [0.1, 0.15) is 40.3 Å². The van der Waals surface area contributed by atoms with Crippen molar-refractivity contribution in [3.8, 4) is 0 Å². The second-order valence-corrected chi connectivity index (χ2v) is 5.11. The predicted octanol–water partition coefficient (Wildman–Crippen LogP) is 2.84. The van der Waals surface area contributed by atoms with Gasteiger partial charge >= 0.3 is 0 Å². The number of furan rings is 1. The van der Waals surface area contributed by atoms with Crippen molar-refractivity contribution in [3.05, 3.63) is 53.0 Å². The number of nitrogens with one attached hydrogen (secondary N) is 1. The van der Waals surface area contributed by atoms with Crippen LogP contribution in [-0.4, -0.2) is 11.6 Å². The van der Waals surface area contributed by atoms with Crippen LogP contribution in [-0.2, 0) is 6.42 Å². The third-order valence-electron chi connectivity index (χ3n) is 3.64. The number of carbonyl (C=O) groups is 1. The number of carbonyl (C=O) groups excluding carboxylic acids is 1. The third kappa shape index (κ3) is 2.54. The quantitative estimate of drug-likeness (QED) is 0.850. The molecule has 0 saturated carbocycles. The first-order valence-corrected chi connectivity index (χ1v) is 6.97. The lowest BCUT2D eigenvalue weighted by atomic mass is 9.93. The molecule has 1 aliphatic rings. The molecule has 21 heavy (non-hydrogen) atoms. The Kier molecular flexibility index (Phi) is 3.48. The average Bonchev–Trinajstić information content (AvgIpc) is 2.84. The number of nitrogens with zero attached hydrogens (tertiary/aromatic N) is 1. The minimum absolute atomic E-state index is 0.245. The number of aryl methyl sites for hydroxylation is 1. The number of nitrogens with two attached hydrogens (primary N) is 1. The molecule has 1 amide bonds. The van der Waals surface area contributed by atoms with Crippen LogP contribution >= 0.6 is 0 Å². The van der Waals surface area contributed by atoms with Gasteiger partial charge in [0.25, 0.3) is 5.91 Å². The van der Waals surface area contributed by atoms with Crippen LogP contribution in [0.3, 0.4) is 0 Å². The Morgan fingerprint density at radius 1 is 1.29 bits per heavy atom. The Bertz CT molecular complexity index is 702. The minimum atomic E-state index is -0.530. The topological polar surface area (TPSA) is 80.6 Å². The summed E-state index contributed by atoms with van der Waals surface area (Å²) in [5, 5.41) is 4.48. The number of primary amides is 1. The van der Waals surface area contributed by atoms with Crippen LogP contribution < -0.4 is 11.2 Å². The summed E-state index contributed by atoms with van der Waals surface area (Å²) in [5.74, 6) is 0.521. The monoisotopic (exact) mass is 283 g/mol. The number of amides is 1. The Labute approximate surface area is 122 Å². The fourth-order valence-electron chi connectivity index (χ4n) is 2.66. The molecule has 1 aromatic heterocycles. The molecular formula is C16H17N3O2. The van der Waals surface area contributed by atoms with Gasteiger partial charge in [0.15, 0.2) is 5.76 Å². The lowest BCUT2D eigenvalue weighted by molar-refractivity contribution is 0.0971. The van der Waals surface area contributed by atoms with Crippen molar-refractivity contribution in [2.45, 2.75) is 26.2 Å². The molecule has 0 unspecified atom stereocenters. The van der Waals surface area contributed by atoms with Crippen LogP contribution in [0.5, 0.6) is 0 Å². The number of rotatable bonds is 3. The molecule has 3 rings (SSSR count). The van der Waals surface area contributed by atoms with Crippen LogP contribution in [0.2, 0.25) is 0 Å². The van der Waals surface area contributed by atoms with Crippen LogP contribution in [0, 0.1) is 6.92 Å². The number of hydrazone groups is 1. The second kappa shape index (κ2) is 5.44. The Morgan fingerprint density at radius 3 is 2.76 bits per heavy atom. The van der Waals surface area contributed by atoms with E-state index in [1.807, 2.05) is 37.3 Å². The molecule has 108 valence electrons. The summed E-state index contributed by atoms with van der Waals surface area (Å²) in [7, 11) is 0. The summed E-state index contributed by atoms with van der Waals surface area (Å²) in [5.41, 5.74) is 11.9. The fraction of sp³-hybridized carbons (Fsp3) is 0.250. The van der Waals surface area contributed by atoms with Crippen molar-refractivity contribution in [2.75, 3.05) is 5.43 Å². The molecule has 5 heteroatoms. The first-order valence-electron chi connectivity index (χ1n) is 6.97. The number of anilines is 1. The van der Waals surface area contributed by atoms with E-state index in [0.29, 0.717) is 0 Å². The van der Waals surface area contributed by atoms with Gasteiger partial charge in [-0.3, -0.25) is 10.2 Å². The summed E-state index contributed by atoms with van der Waals surface area (Å²) in [4.78, 5) is 11.4. The van der Waals surface area contributed by atoms with E-state index in [9.17, 15) is 4.79 Å². The van der Waals surface area contributed by atoms with Gasteiger partial charge in [-0.2, -0.15) is 5.10 Å². The SMILES string of the molecule is Cc1c(C(N)=O)oc2c1/C(=N/Nc1ccccc1)CCC2. The molecule has 0 bridgehead atoms. The van der Waals surface area contributed by atoms with Gasteiger partial charge in [-0.05, 0) is 31.9 Å². The largest absolute Gasteiger partial charge is 0.455 e. The third-order valence-corrected chi connectivity index (χ3v) is 3.64. The fourth-order valence-corrected chi connectivity index (χ4v) is 2.66.